The zero-order valence-electron chi connectivity index (χ0n) is 12.0. The molecular formula is C15H24ClNO2. The molecule has 0 radical (unpaired) electrons. The number of halogens is 1. The summed E-state index contributed by atoms with van der Waals surface area (Å²) in [5.74, 6) is 2.52. The van der Waals surface area contributed by atoms with Crippen molar-refractivity contribution in [1.29, 1.82) is 0 Å². The fourth-order valence-electron chi connectivity index (χ4n) is 2.70. The van der Waals surface area contributed by atoms with Crippen molar-refractivity contribution in [1.82, 2.24) is 5.32 Å². The van der Waals surface area contributed by atoms with Crippen LogP contribution in [0.15, 0.2) is 12.1 Å². The molecule has 1 fully saturated rings. The van der Waals surface area contributed by atoms with Crippen LogP contribution in [0, 0.1) is 0 Å². The van der Waals surface area contributed by atoms with Crippen LogP contribution >= 0.6 is 12.4 Å². The molecule has 3 nitrogen and oxygen atoms in total. The first kappa shape index (κ1) is 16.1. The minimum Gasteiger partial charge on any atom is -0.496 e. The Kier molecular flexibility index (Phi) is 6.46. The molecule has 2 rings (SSSR count). The van der Waals surface area contributed by atoms with Gasteiger partial charge in [-0.25, -0.2) is 0 Å². The molecule has 0 aromatic heterocycles. The average molecular weight is 286 g/mol. The Balaban J connectivity index is 0.00000180. The minimum absolute atomic E-state index is 0. The summed E-state index contributed by atoms with van der Waals surface area (Å²) in [6.45, 7) is 4.30. The molecule has 19 heavy (non-hydrogen) atoms. The van der Waals surface area contributed by atoms with Gasteiger partial charge in [0.2, 0.25) is 0 Å². The third-order valence-corrected chi connectivity index (χ3v) is 3.75. The zero-order chi connectivity index (χ0) is 13.0. The second-order valence-corrected chi connectivity index (χ2v) is 4.80. The number of aryl methyl sites for hydroxylation is 1. The smallest absolute Gasteiger partial charge is 0.122 e. The summed E-state index contributed by atoms with van der Waals surface area (Å²) in [6, 6.07) is 4.29. The van der Waals surface area contributed by atoms with Crippen LogP contribution in [0.2, 0.25) is 0 Å². The molecule has 0 bridgehead atoms. The molecule has 1 aromatic carbocycles. The van der Waals surface area contributed by atoms with Crippen molar-refractivity contribution in [3.8, 4) is 11.5 Å². The third kappa shape index (κ3) is 3.54. The molecule has 1 aliphatic heterocycles. The van der Waals surface area contributed by atoms with Gasteiger partial charge in [-0.05, 0) is 43.5 Å². The van der Waals surface area contributed by atoms with Gasteiger partial charge in [-0.1, -0.05) is 6.92 Å². The van der Waals surface area contributed by atoms with Crippen molar-refractivity contribution in [2.45, 2.75) is 32.1 Å². The van der Waals surface area contributed by atoms with Crippen molar-refractivity contribution in [2.75, 3.05) is 27.3 Å². The number of hydrogen-bond acceptors (Lipinski definition) is 3. The Morgan fingerprint density at radius 3 is 2.47 bits per heavy atom. The van der Waals surface area contributed by atoms with Gasteiger partial charge in [0.1, 0.15) is 11.5 Å². The lowest BCUT2D eigenvalue weighted by molar-refractivity contribution is 0.381. The lowest BCUT2D eigenvalue weighted by Crippen LogP contribution is -2.28. The highest BCUT2D eigenvalue weighted by atomic mass is 35.5. The maximum Gasteiger partial charge on any atom is 0.122 e. The van der Waals surface area contributed by atoms with E-state index in [-0.39, 0.29) is 12.4 Å². The number of benzene rings is 1. The first-order chi connectivity index (χ1) is 8.80. The number of nitrogens with one attached hydrogen (secondary N) is 1. The van der Waals surface area contributed by atoms with E-state index in [2.05, 4.69) is 24.4 Å². The second-order valence-electron chi connectivity index (χ2n) is 4.80. The van der Waals surface area contributed by atoms with E-state index in [1.165, 1.54) is 24.0 Å². The Labute approximate surface area is 122 Å². The average Bonchev–Trinajstić information content (AvgIpc) is 2.46. The van der Waals surface area contributed by atoms with Gasteiger partial charge in [0, 0.05) is 18.0 Å². The molecule has 1 unspecified atom stereocenters. The molecule has 0 aliphatic carbocycles. The van der Waals surface area contributed by atoms with E-state index < -0.39 is 0 Å². The van der Waals surface area contributed by atoms with Gasteiger partial charge in [-0.2, -0.15) is 0 Å². The number of ether oxygens (including phenoxy) is 2. The summed E-state index contributed by atoms with van der Waals surface area (Å²) < 4.78 is 11.0. The highest BCUT2D eigenvalue weighted by molar-refractivity contribution is 5.85. The topological polar surface area (TPSA) is 30.5 Å². The molecule has 0 saturated carbocycles. The van der Waals surface area contributed by atoms with E-state index in [1.807, 2.05) is 0 Å². The van der Waals surface area contributed by atoms with Gasteiger partial charge >= 0.3 is 0 Å². The lowest BCUT2D eigenvalue weighted by Gasteiger charge is -2.25. The third-order valence-electron chi connectivity index (χ3n) is 3.75. The predicted octanol–water partition coefficient (Wildman–Crippen LogP) is 3.16. The maximum absolute atomic E-state index is 5.56. The molecule has 1 N–H and O–H groups in total. The van der Waals surface area contributed by atoms with E-state index in [1.54, 1.807) is 14.2 Å². The number of hydrogen-bond donors (Lipinski definition) is 1. The highest BCUT2D eigenvalue weighted by Gasteiger charge is 2.20. The first-order valence-corrected chi connectivity index (χ1v) is 6.75. The summed E-state index contributed by atoms with van der Waals surface area (Å²) >= 11 is 0. The van der Waals surface area contributed by atoms with Crippen LogP contribution in [0.25, 0.3) is 0 Å². The molecular weight excluding hydrogens is 262 g/mol. The fraction of sp³-hybridized carbons (Fsp3) is 0.600. The standard InChI is InChI=1S/C15H23NO2.ClH/c1-4-11-8-15(18-3)13(9-14(11)17-2)12-6-5-7-16-10-12;/h8-9,12,16H,4-7,10H2,1-3H3;1H. The molecule has 4 heteroatoms. The summed E-state index contributed by atoms with van der Waals surface area (Å²) in [5.41, 5.74) is 2.49. The van der Waals surface area contributed by atoms with E-state index in [0.29, 0.717) is 5.92 Å². The molecule has 108 valence electrons. The van der Waals surface area contributed by atoms with Gasteiger partial charge in [-0.3, -0.25) is 0 Å². The number of methoxy groups -OCH3 is 2. The molecule has 1 aromatic rings. The summed E-state index contributed by atoms with van der Waals surface area (Å²) in [5, 5.41) is 3.45. The van der Waals surface area contributed by atoms with Gasteiger partial charge < -0.3 is 14.8 Å². The van der Waals surface area contributed by atoms with Crippen molar-refractivity contribution in [2.24, 2.45) is 0 Å². The van der Waals surface area contributed by atoms with Crippen LogP contribution < -0.4 is 14.8 Å². The maximum atomic E-state index is 5.56. The Bertz CT molecular complexity index is 403. The normalized spacial score (nSPS) is 18.6. The highest BCUT2D eigenvalue weighted by Crippen LogP contribution is 2.36. The van der Waals surface area contributed by atoms with E-state index in [4.69, 9.17) is 9.47 Å². The zero-order valence-corrected chi connectivity index (χ0v) is 12.8. The van der Waals surface area contributed by atoms with Crippen LogP contribution in [-0.4, -0.2) is 27.3 Å². The molecule has 1 atom stereocenters. The first-order valence-electron chi connectivity index (χ1n) is 6.75. The molecule has 1 saturated heterocycles. The van der Waals surface area contributed by atoms with Gasteiger partial charge in [0.15, 0.2) is 0 Å². The van der Waals surface area contributed by atoms with Gasteiger partial charge in [0.25, 0.3) is 0 Å². The summed E-state index contributed by atoms with van der Waals surface area (Å²) in [4.78, 5) is 0. The Morgan fingerprint density at radius 1 is 1.21 bits per heavy atom. The molecule has 0 amide bonds. The minimum atomic E-state index is 0. The molecule has 1 aliphatic rings. The van der Waals surface area contributed by atoms with Crippen molar-refractivity contribution in [3.63, 3.8) is 0 Å². The summed E-state index contributed by atoms with van der Waals surface area (Å²) in [7, 11) is 3.49. The lowest BCUT2D eigenvalue weighted by atomic mass is 9.89. The SMILES string of the molecule is CCc1cc(OC)c(C2CCCNC2)cc1OC.Cl. The second kappa shape index (κ2) is 7.61. The predicted molar refractivity (Wildman–Crippen MR) is 81.0 cm³/mol. The van der Waals surface area contributed by atoms with E-state index in [0.717, 1.165) is 31.0 Å². The van der Waals surface area contributed by atoms with Crippen molar-refractivity contribution >= 4 is 12.4 Å². The van der Waals surface area contributed by atoms with Crippen LogP contribution in [0.5, 0.6) is 11.5 Å². The van der Waals surface area contributed by atoms with Crippen molar-refractivity contribution < 1.29 is 9.47 Å². The van der Waals surface area contributed by atoms with Crippen LogP contribution in [0.3, 0.4) is 0 Å². The summed E-state index contributed by atoms with van der Waals surface area (Å²) in [6.07, 6.45) is 3.41. The Morgan fingerprint density at radius 2 is 1.95 bits per heavy atom. The largest absolute Gasteiger partial charge is 0.496 e. The number of piperidine rings is 1. The Hall–Kier alpha value is -0.930. The molecule has 0 spiro atoms. The monoisotopic (exact) mass is 285 g/mol. The van der Waals surface area contributed by atoms with Gasteiger partial charge in [0.05, 0.1) is 14.2 Å². The van der Waals surface area contributed by atoms with E-state index >= 15 is 0 Å². The van der Waals surface area contributed by atoms with E-state index in [9.17, 15) is 0 Å². The van der Waals surface area contributed by atoms with Crippen molar-refractivity contribution in [3.05, 3.63) is 23.3 Å². The van der Waals surface area contributed by atoms with Crippen LogP contribution in [-0.2, 0) is 6.42 Å². The fourth-order valence-corrected chi connectivity index (χ4v) is 2.70. The quantitative estimate of drug-likeness (QED) is 0.922. The van der Waals surface area contributed by atoms with Crippen LogP contribution in [0.4, 0.5) is 0 Å². The molecule has 1 heterocycles. The number of rotatable bonds is 4. The van der Waals surface area contributed by atoms with Gasteiger partial charge in [-0.15, -0.1) is 12.4 Å². The van der Waals surface area contributed by atoms with Crippen LogP contribution in [0.1, 0.15) is 36.8 Å².